The number of hydrogen-bond acceptors (Lipinski definition) is 4. The first-order valence-corrected chi connectivity index (χ1v) is 3.90. The molecule has 0 radical (unpaired) electrons. The Morgan fingerprint density at radius 1 is 1.92 bits per heavy atom. The Hall–Kier alpha value is -1.43. The minimum Gasteiger partial charge on any atom is -0.480 e. The maximum absolute atomic E-state index is 10.8. The monoisotopic (exact) mass is 185 g/mol. The number of carbonyl (C=O) groups is 2. The maximum atomic E-state index is 10.8. The smallest absolute Gasteiger partial charge is 0.320 e. The van der Waals surface area contributed by atoms with E-state index in [0.717, 1.165) is 0 Å². The first kappa shape index (κ1) is 9.66. The maximum Gasteiger partial charge on any atom is 0.320 e. The third-order valence-corrected chi connectivity index (χ3v) is 1.80. The lowest BCUT2D eigenvalue weighted by atomic mass is 9.97. The van der Waals surface area contributed by atoms with Crippen LogP contribution in [-0.4, -0.2) is 29.2 Å². The number of carboxylic acids is 1. The average molecular weight is 185 g/mol. The second kappa shape index (κ2) is 3.99. The molecule has 4 N–H and O–H groups in total. The van der Waals surface area contributed by atoms with Crippen LogP contribution in [0.4, 0.5) is 0 Å². The zero-order valence-electron chi connectivity index (χ0n) is 6.93. The molecule has 1 unspecified atom stereocenters. The first-order valence-electron chi connectivity index (χ1n) is 3.90. The van der Waals surface area contributed by atoms with Crippen molar-refractivity contribution in [2.75, 3.05) is 0 Å². The van der Waals surface area contributed by atoms with Gasteiger partial charge in [-0.3, -0.25) is 9.59 Å². The second-order valence-electron chi connectivity index (χ2n) is 2.96. The van der Waals surface area contributed by atoms with Crippen LogP contribution in [0.25, 0.3) is 0 Å². The molecule has 0 aromatic heterocycles. The summed E-state index contributed by atoms with van der Waals surface area (Å²) in [6.07, 6.45) is 2.01. The van der Waals surface area contributed by atoms with Crippen LogP contribution in [0, 0.1) is 5.92 Å². The molecule has 2 atom stereocenters. The van der Waals surface area contributed by atoms with Gasteiger partial charge in [-0.15, -0.1) is 0 Å². The molecule has 6 nitrogen and oxygen atoms in total. The Labute approximate surface area is 74.8 Å². The third-order valence-electron chi connectivity index (χ3n) is 1.80. The highest BCUT2D eigenvalue weighted by molar-refractivity contribution is 5.84. The Kier molecular flexibility index (Phi) is 2.97. The summed E-state index contributed by atoms with van der Waals surface area (Å²) >= 11 is 0. The lowest BCUT2D eigenvalue weighted by molar-refractivity contribution is -0.139. The normalized spacial score (nSPS) is 23.8. The predicted molar refractivity (Wildman–Crippen MR) is 45.0 cm³/mol. The summed E-state index contributed by atoms with van der Waals surface area (Å²) in [5.74, 6) is -1.43. The van der Waals surface area contributed by atoms with E-state index in [1.165, 1.54) is 6.21 Å². The van der Waals surface area contributed by atoms with Gasteiger partial charge in [0, 0.05) is 18.6 Å². The van der Waals surface area contributed by atoms with Gasteiger partial charge in [0.25, 0.3) is 0 Å². The Morgan fingerprint density at radius 2 is 2.62 bits per heavy atom. The van der Waals surface area contributed by atoms with Crippen LogP contribution in [0.1, 0.15) is 12.8 Å². The topological polar surface area (TPSA) is 105 Å². The molecule has 1 heterocycles. The van der Waals surface area contributed by atoms with E-state index in [1.54, 1.807) is 0 Å². The lowest BCUT2D eigenvalue weighted by Crippen LogP contribution is -2.36. The van der Waals surface area contributed by atoms with Crippen molar-refractivity contribution >= 4 is 18.1 Å². The molecule has 0 fully saturated rings. The molecular formula is C7H11N3O3. The van der Waals surface area contributed by atoms with E-state index >= 15 is 0 Å². The quantitative estimate of drug-likeness (QED) is 0.519. The van der Waals surface area contributed by atoms with Crippen molar-refractivity contribution in [3.05, 3.63) is 0 Å². The van der Waals surface area contributed by atoms with Crippen molar-refractivity contribution in [2.45, 2.75) is 18.9 Å². The van der Waals surface area contributed by atoms with Gasteiger partial charge in [-0.05, 0) is 6.42 Å². The summed E-state index contributed by atoms with van der Waals surface area (Å²) in [7, 11) is 0. The zero-order valence-corrected chi connectivity index (χ0v) is 6.93. The van der Waals surface area contributed by atoms with E-state index in [9.17, 15) is 9.59 Å². The molecule has 0 spiro atoms. The first-order chi connectivity index (χ1) is 6.09. The number of carboxylic acid groups (broad SMARTS) is 1. The zero-order chi connectivity index (χ0) is 9.84. The van der Waals surface area contributed by atoms with E-state index in [0.29, 0.717) is 0 Å². The summed E-state index contributed by atoms with van der Waals surface area (Å²) in [6.45, 7) is 0. The summed E-state index contributed by atoms with van der Waals surface area (Å²) in [4.78, 5) is 21.2. The van der Waals surface area contributed by atoms with Crippen LogP contribution in [0.3, 0.4) is 0 Å². The van der Waals surface area contributed by atoms with E-state index in [2.05, 4.69) is 10.5 Å². The van der Waals surface area contributed by atoms with Crippen LogP contribution in [0.5, 0.6) is 0 Å². The molecule has 0 saturated carbocycles. The van der Waals surface area contributed by atoms with Crippen molar-refractivity contribution in [1.82, 2.24) is 5.43 Å². The standard InChI is InChI=1S/C7H11N3O3/c8-5(7(12)13)1-4-2-6(11)10-9-3-4/h3-5H,1-2,8H2,(H,10,11)(H,12,13)/t4?,5-/m0/s1. The SMILES string of the molecule is N[C@@H](CC1C=NNC(=O)C1)C(=O)O. The molecular weight excluding hydrogens is 174 g/mol. The highest BCUT2D eigenvalue weighted by Crippen LogP contribution is 2.10. The van der Waals surface area contributed by atoms with Gasteiger partial charge in [0.1, 0.15) is 6.04 Å². The number of carbonyl (C=O) groups excluding carboxylic acids is 1. The number of nitrogens with two attached hydrogens (primary N) is 1. The van der Waals surface area contributed by atoms with Gasteiger partial charge in [-0.25, -0.2) is 5.43 Å². The summed E-state index contributed by atoms with van der Waals surface area (Å²) in [6, 6.07) is -0.928. The number of hydrogen-bond donors (Lipinski definition) is 3. The molecule has 1 amide bonds. The van der Waals surface area contributed by atoms with Crippen LogP contribution >= 0.6 is 0 Å². The van der Waals surface area contributed by atoms with Crippen LogP contribution < -0.4 is 11.2 Å². The van der Waals surface area contributed by atoms with Crippen molar-refractivity contribution in [3.8, 4) is 0 Å². The Morgan fingerprint density at radius 3 is 3.15 bits per heavy atom. The highest BCUT2D eigenvalue weighted by Gasteiger charge is 2.21. The molecule has 0 bridgehead atoms. The van der Waals surface area contributed by atoms with Crippen molar-refractivity contribution < 1.29 is 14.7 Å². The predicted octanol–water partition coefficient (Wildman–Crippen LogP) is -1.09. The van der Waals surface area contributed by atoms with Gasteiger partial charge in [0.05, 0.1) is 0 Å². The number of hydrazone groups is 1. The van der Waals surface area contributed by atoms with Gasteiger partial charge >= 0.3 is 5.97 Å². The Bertz CT molecular complexity index is 251. The molecule has 0 aromatic rings. The minimum atomic E-state index is -1.06. The highest BCUT2D eigenvalue weighted by atomic mass is 16.4. The van der Waals surface area contributed by atoms with Crippen LogP contribution in [-0.2, 0) is 9.59 Å². The van der Waals surface area contributed by atoms with Crippen molar-refractivity contribution in [3.63, 3.8) is 0 Å². The van der Waals surface area contributed by atoms with Crippen molar-refractivity contribution in [1.29, 1.82) is 0 Å². The molecule has 1 rings (SSSR count). The molecule has 1 aliphatic rings. The molecule has 0 aliphatic carbocycles. The molecule has 72 valence electrons. The second-order valence-corrected chi connectivity index (χ2v) is 2.96. The average Bonchev–Trinajstić information content (AvgIpc) is 2.04. The van der Waals surface area contributed by atoms with Gasteiger partial charge < -0.3 is 10.8 Å². The molecule has 0 saturated heterocycles. The largest absolute Gasteiger partial charge is 0.480 e. The molecule has 13 heavy (non-hydrogen) atoms. The van der Waals surface area contributed by atoms with E-state index < -0.39 is 12.0 Å². The number of nitrogens with zero attached hydrogens (tertiary/aromatic N) is 1. The number of aliphatic carboxylic acids is 1. The summed E-state index contributed by atoms with van der Waals surface area (Å²) in [5.41, 5.74) is 7.56. The van der Waals surface area contributed by atoms with Gasteiger partial charge in [-0.1, -0.05) is 0 Å². The fourth-order valence-corrected chi connectivity index (χ4v) is 1.12. The van der Waals surface area contributed by atoms with Gasteiger partial charge in [0.2, 0.25) is 5.91 Å². The number of amides is 1. The molecule has 0 aromatic carbocycles. The minimum absolute atomic E-state index is 0.167. The van der Waals surface area contributed by atoms with Crippen LogP contribution in [0.2, 0.25) is 0 Å². The van der Waals surface area contributed by atoms with Gasteiger partial charge in [-0.2, -0.15) is 5.10 Å². The fraction of sp³-hybridized carbons (Fsp3) is 0.571. The summed E-state index contributed by atoms with van der Waals surface area (Å²) in [5, 5.41) is 12.1. The number of nitrogens with one attached hydrogen (secondary N) is 1. The summed E-state index contributed by atoms with van der Waals surface area (Å²) < 4.78 is 0. The van der Waals surface area contributed by atoms with Gasteiger partial charge in [0.15, 0.2) is 0 Å². The lowest BCUT2D eigenvalue weighted by Gasteiger charge is -2.16. The number of rotatable bonds is 3. The Balaban J connectivity index is 2.45. The third kappa shape index (κ3) is 2.83. The van der Waals surface area contributed by atoms with Crippen LogP contribution in [0.15, 0.2) is 5.10 Å². The molecule has 1 aliphatic heterocycles. The molecule has 6 heteroatoms. The fourth-order valence-electron chi connectivity index (χ4n) is 1.12. The van der Waals surface area contributed by atoms with E-state index in [4.69, 9.17) is 10.8 Å². The van der Waals surface area contributed by atoms with E-state index in [1.807, 2.05) is 0 Å². The van der Waals surface area contributed by atoms with Crippen molar-refractivity contribution in [2.24, 2.45) is 16.8 Å². The van der Waals surface area contributed by atoms with E-state index in [-0.39, 0.29) is 24.7 Å².